The molecule has 0 bridgehead atoms. The molecule has 53 heavy (non-hydrogen) atoms. The number of nitrogens with zero attached hydrogens (tertiary/aromatic N) is 2. The lowest BCUT2D eigenvalue weighted by molar-refractivity contribution is 0.590. The van der Waals surface area contributed by atoms with Crippen molar-refractivity contribution in [3.05, 3.63) is 162 Å². The van der Waals surface area contributed by atoms with Crippen molar-refractivity contribution in [3.8, 4) is 22.3 Å². The highest BCUT2D eigenvalue weighted by molar-refractivity contribution is 7.26. The molecule has 7 aromatic carbocycles. The minimum atomic E-state index is -0.150. The normalized spacial score (nSPS) is 14.9. The van der Waals surface area contributed by atoms with Gasteiger partial charge in [-0.15, -0.1) is 11.3 Å². The van der Waals surface area contributed by atoms with E-state index in [9.17, 15) is 0 Å². The van der Waals surface area contributed by atoms with E-state index in [1.54, 1.807) is 0 Å². The van der Waals surface area contributed by atoms with Gasteiger partial charge in [-0.3, -0.25) is 0 Å². The van der Waals surface area contributed by atoms with Crippen LogP contribution in [-0.4, -0.2) is 6.85 Å². The third-order valence-corrected chi connectivity index (χ3v) is 13.3. The number of thiophene rings is 1. The first-order valence-electron chi connectivity index (χ1n) is 18.8. The fraction of sp³-hybridized carbons (Fsp3) is 0.143. The Morgan fingerprint density at radius 3 is 2.13 bits per heavy atom. The van der Waals surface area contributed by atoms with Gasteiger partial charge in [0.2, 0.25) is 0 Å². The lowest BCUT2D eigenvalue weighted by Gasteiger charge is -2.51. The van der Waals surface area contributed by atoms with Gasteiger partial charge in [0.05, 0.1) is 10.7 Å². The highest BCUT2D eigenvalue weighted by Crippen LogP contribution is 2.58. The summed E-state index contributed by atoms with van der Waals surface area (Å²) in [6.45, 7) is 11.7. The fourth-order valence-electron chi connectivity index (χ4n) is 9.64. The average Bonchev–Trinajstić information content (AvgIpc) is 3.56. The van der Waals surface area contributed by atoms with E-state index in [1.165, 1.54) is 98.5 Å². The third-order valence-electron chi connectivity index (χ3n) is 12.2. The number of benzene rings is 7. The molecule has 8 aromatic rings. The minimum absolute atomic E-state index is 0.00747. The summed E-state index contributed by atoms with van der Waals surface area (Å²) in [6.07, 6.45) is 0. The van der Waals surface area contributed by atoms with Crippen molar-refractivity contribution in [3.63, 3.8) is 0 Å². The summed E-state index contributed by atoms with van der Waals surface area (Å²) >= 11 is 1.93. The van der Waals surface area contributed by atoms with Gasteiger partial charge in [-0.05, 0) is 90.6 Å². The molecule has 2 nitrogen and oxygen atoms in total. The van der Waals surface area contributed by atoms with Crippen LogP contribution in [-0.2, 0) is 10.8 Å². The van der Waals surface area contributed by atoms with Gasteiger partial charge < -0.3 is 9.71 Å². The van der Waals surface area contributed by atoms with Gasteiger partial charge in [-0.25, -0.2) is 0 Å². The molecule has 4 heterocycles. The second-order valence-corrected chi connectivity index (χ2v) is 17.6. The van der Waals surface area contributed by atoms with Crippen LogP contribution in [0.15, 0.2) is 146 Å². The van der Waals surface area contributed by atoms with E-state index in [0.29, 0.717) is 0 Å². The number of rotatable bonds is 2. The summed E-state index contributed by atoms with van der Waals surface area (Å²) in [5, 5.41) is 5.22. The first kappa shape index (κ1) is 31.0. The summed E-state index contributed by atoms with van der Waals surface area (Å²) < 4.78 is 1.32. The average molecular weight is 699 g/mol. The molecular weight excluding hydrogens is 659 g/mol. The Kier molecular flexibility index (Phi) is 6.28. The molecule has 0 N–H and O–H groups in total. The molecule has 0 spiro atoms. The van der Waals surface area contributed by atoms with E-state index < -0.39 is 0 Å². The SMILES string of the molecule is CC(C)(C)c1ccc(N2c3cc4ccccc4c4c3B(c3c2sc2ccccc32)N2c3ccccc3C(C)(C)c3cccc-4c32)c(-c2ccccc2)c1. The van der Waals surface area contributed by atoms with Crippen molar-refractivity contribution in [1.82, 2.24) is 0 Å². The lowest BCUT2D eigenvalue weighted by Crippen LogP contribution is -2.62. The van der Waals surface area contributed by atoms with E-state index in [4.69, 9.17) is 0 Å². The van der Waals surface area contributed by atoms with Crippen LogP contribution in [0.2, 0.25) is 0 Å². The van der Waals surface area contributed by atoms with E-state index >= 15 is 0 Å². The number of hydrogen-bond donors (Lipinski definition) is 0. The molecule has 0 radical (unpaired) electrons. The van der Waals surface area contributed by atoms with Gasteiger partial charge in [-0.1, -0.05) is 150 Å². The standard InChI is InChI=1S/C49H39BN2S/c1-48(2,3)32-26-27-39(36(29-32)30-16-7-6-8-17-30)51-41-28-31-18-9-10-19-33(31)43-35-21-15-23-38-46(35)52(40-24-13-12-22-37(40)49(38,4)5)50(45(41)43)44-34-20-11-14-25-42(34)53-47(44)51/h6-29H,1-5H3. The molecule has 3 aliphatic rings. The maximum Gasteiger partial charge on any atom is 0.334 e. The second kappa shape index (κ2) is 10.7. The Morgan fingerprint density at radius 2 is 1.30 bits per heavy atom. The van der Waals surface area contributed by atoms with E-state index in [-0.39, 0.29) is 17.7 Å². The number of anilines is 5. The van der Waals surface area contributed by atoms with Crippen LogP contribution < -0.4 is 20.6 Å². The predicted molar refractivity (Wildman–Crippen MR) is 229 cm³/mol. The molecule has 0 atom stereocenters. The van der Waals surface area contributed by atoms with Crippen molar-refractivity contribution in [1.29, 1.82) is 0 Å². The third kappa shape index (κ3) is 4.16. The summed E-state index contributed by atoms with van der Waals surface area (Å²) in [7, 11) is 0. The number of hydrogen-bond acceptors (Lipinski definition) is 3. The highest BCUT2D eigenvalue weighted by atomic mass is 32.1. The lowest BCUT2D eigenvalue weighted by atomic mass is 9.42. The van der Waals surface area contributed by atoms with E-state index in [0.717, 1.165) is 0 Å². The number of fused-ring (bicyclic) bond motifs is 10. The molecule has 0 amide bonds. The molecule has 4 heteroatoms. The smallest absolute Gasteiger partial charge is 0.334 e. The largest absolute Gasteiger partial charge is 0.376 e. The molecule has 0 aliphatic carbocycles. The topological polar surface area (TPSA) is 6.48 Å². The Bertz CT molecular complexity index is 2820. The van der Waals surface area contributed by atoms with Gasteiger partial charge in [0.25, 0.3) is 0 Å². The molecule has 0 saturated carbocycles. The Hall–Kier alpha value is -5.58. The predicted octanol–water partition coefficient (Wildman–Crippen LogP) is 12.4. The molecule has 0 saturated heterocycles. The first-order chi connectivity index (χ1) is 25.7. The molecule has 11 rings (SSSR count). The molecule has 3 aliphatic heterocycles. The monoisotopic (exact) mass is 698 g/mol. The Morgan fingerprint density at radius 1 is 0.585 bits per heavy atom. The van der Waals surface area contributed by atoms with Gasteiger partial charge >= 0.3 is 6.85 Å². The first-order valence-corrected chi connectivity index (χ1v) is 19.6. The summed E-state index contributed by atoms with van der Waals surface area (Å²) in [5.74, 6) is 0. The van der Waals surface area contributed by atoms with Crippen LogP contribution in [0.5, 0.6) is 0 Å². The minimum Gasteiger partial charge on any atom is -0.376 e. The molecular formula is C49H39BN2S. The van der Waals surface area contributed by atoms with Crippen LogP contribution >= 0.6 is 11.3 Å². The quantitative estimate of drug-likeness (QED) is 0.166. The van der Waals surface area contributed by atoms with Crippen LogP contribution in [0.1, 0.15) is 51.3 Å². The highest BCUT2D eigenvalue weighted by Gasteiger charge is 2.51. The summed E-state index contributed by atoms with van der Waals surface area (Å²) in [6, 6.07) is 55.0. The van der Waals surface area contributed by atoms with Crippen LogP contribution in [0, 0.1) is 0 Å². The zero-order chi connectivity index (χ0) is 35.8. The Labute approximate surface area is 316 Å². The van der Waals surface area contributed by atoms with Crippen molar-refractivity contribution in [2.75, 3.05) is 9.71 Å². The van der Waals surface area contributed by atoms with Gasteiger partial charge in [0.15, 0.2) is 0 Å². The van der Waals surface area contributed by atoms with Gasteiger partial charge in [0, 0.05) is 38.3 Å². The Balaban J connectivity index is 1.33. The second-order valence-electron chi connectivity index (χ2n) is 16.5. The van der Waals surface area contributed by atoms with Crippen molar-refractivity contribution >= 4 is 77.7 Å². The molecule has 0 unspecified atom stereocenters. The maximum atomic E-state index is 2.72. The fourth-order valence-corrected chi connectivity index (χ4v) is 10.9. The van der Waals surface area contributed by atoms with Gasteiger partial charge in [0.1, 0.15) is 0 Å². The van der Waals surface area contributed by atoms with E-state index in [2.05, 4.69) is 190 Å². The van der Waals surface area contributed by atoms with Crippen molar-refractivity contribution in [2.45, 2.75) is 45.4 Å². The van der Waals surface area contributed by atoms with E-state index in [1.807, 2.05) is 11.3 Å². The number of para-hydroxylation sites is 2. The van der Waals surface area contributed by atoms with Gasteiger partial charge in [-0.2, -0.15) is 0 Å². The summed E-state index contributed by atoms with van der Waals surface area (Å²) in [5.41, 5.74) is 17.1. The molecule has 0 fully saturated rings. The maximum absolute atomic E-state index is 2.72. The van der Waals surface area contributed by atoms with Crippen LogP contribution in [0.3, 0.4) is 0 Å². The molecule has 254 valence electrons. The van der Waals surface area contributed by atoms with Crippen LogP contribution in [0.25, 0.3) is 43.1 Å². The van der Waals surface area contributed by atoms with Crippen molar-refractivity contribution in [2.24, 2.45) is 0 Å². The summed E-state index contributed by atoms with van der Waals surface area (Å²) in [4.78, 5) is 5.35. The zero-order valence-corrected chi connectivity index (χ0v) is 31.6. The zero-order valence-electron chi connectivity index (χ0n) is 30.7. The van der Waals surface area contributed by atoms with Crippen molar-refractivity contribution < 1.29 is 0 Å². The molecule has 1 aromatic heterocycles. The van der Waals surface area contributed by atoms with Crippen LogP contribution in [0.4, 0.5) is 27.8 Å².